The van der Waals surface area contributed by atoms with Gasteiger partial charge in [-0.2, -0.15) is 5.10 Å². The Labute approximate surface area is 122 Å². The lowest BCUT2D eigenvalue weighted by Gasteiger charge is -2.14. The van der Waals surface area contributed by atoms with Gasteiger partial charge in [0, 0.05) is 19.1 Å². The van der Waals surface area contributed by atoms with Crippen molar-refractivity contribution >= 4 is 21.8 Å². The summed E-state index contributed by atoms with van der Waals surface area (Å²) in [5.74, 6) is 0.0814. The number of amides is 1. The molecule has 1 aromatic rings. The summed E-state index contributed by atoms with van der Waals surface area (Å²) in [6.07, 6.45) is 2.23. The summed E-state index contributed by atoms with van der Waals surface area (Å²) >= 11 is 3.56. The van der Waals surface area contributed by atoms with Crippen molar-refractivity contribution in [1.29, 1.82) is 0 Å². The van der Waals surface area contributed by atoms with Gasteiger partial charge in [-0.1, -0.05) is 0 Å². The fourth-order valence-electron chi connectivity index (χ4n) is 1.93. The van der Waals surface area contributed by atoms with Crippen LogP contribution in [0.5, 0.6) is 0 Å². The lowest BCUT2D eigenvalue weighted by atomic mass is 10.3. The fourth-order valence-corrected chi connectivity index (χ4v) is 2.36. The van der Waals surface area contributed by atoms with E-state index in [1.165, 1.54) is 0 Å². The summed E-state index contributed by atoms with van der Waals surface area (Å²) in [6, 6.07) is 0.222. The van der Waals surface area contributed by atoms with E-state index in [4.69, 9.17) is 0 Å². The molecule has 1 aliphatic carbocycles. The van der Waals surface area contributed by atoms with Crippen molar-refractivity contribution in [2.45, 2.75) is 58.8 Å². The maximum Gasteiger partial charge on any atom is 0.237 e. The largest absolute Gasteiger partial charge is 0.352 e. The number of halogens is 1. The van der Waals surface area contributed by atoms with Gasteiger partial charge in [-0.3, -0.25) is 9.48 Å². The first-order valence-electron chi connectivity index (χ1n) is 6.78. The summed E-state index contributed by atoms with van der Waals surface area (Å²) in [7, 11) is 0. The number of aromatic nitrogens is 2. The second kappa shape index (κ2) is 6.05. The van der Waals surface area contributed by atoms with Crippen LogP contribution in [0.2, 0.25) is 0 Å². The second-order valence-corrected chi connectivity index (χ2v) is 5.84. The van der Waals surface area contributed by atoms with Gasteiger partial charge in [0.2, 0.25) is 5.91 Å². The van der Waals surface area contributed by atoms with E-state index in [1.54, 1.807) is 0 Å². The van der Waals surface area contributed by atoms with Crippen LogP contribution in [0.15, 0.2) is 4.47 Å². The Morgan fingerprint density at radius 3 is 2.84 bits per heavy atom. The monoisotopic (exact) mass is 328 g/mol. The second-order valence-electron chi connectivity index (χ2n) is 5.05. The predicted molar refractivity (Wildman–Crippen MR) is 77.8 cm³/mol. The minimum absolute atomic E-state index is 0.0814. The van der Waals surface area contributed by atoms with Gasteiger partial charge < -0.3 is 10.6 Å². The normalized spacial score (nSPS) is 16.4. The van der Waals surface area contributed by atoms with Gasteiger partial charge >= 0.3 is 0 Å². The Balaban J connectivity index is 1.92. The molecule has 0 aliphatic heterocycles. The van der Waals surface area contributed by atoms with Crippen LogP contribution < -0.4 is 10.6 Å². The molecule has 1 fully saturated rings. The number of carbonyl (C=O) groups excluding carboxylic acids is 1. The SMILES string of the molecule is CCn1nc(C)c(Br)c1CNC(C)C(=O)NC1CC1. The molecular weight excluding hydrogens is 308 g/mol. The van der Waals surface area contributed by atoms with Crippen LogP contribution in [-0.2, 0) is 17.9 Å². The molecule has 2 N–H and O–H groups in total. The van der Waals surface area contributed by atoms with Gasteiger partial charge in [-0.25, -0.2) is 0 Å². The van der Waals surface area contributed by atoms with Crippen molar-refractivity contribution in [1.82, 2.24) is 20.4 Å². The molecule has 1 amide bonds. The first kappa shape index (κ1) is 14.5. The predicted octanol–water partition coefficient (Wildman–Crippen LogP) is 1.73. The van der Waals surface area contributed by atoms with E-state index in [0.29, 0.717) is 12.6 Å². The van der Waals surface area contributed by atoms with Gasteiger partial charge in [0.25, 0.3) is 0 Å². The summed E-state index contributed by atoms with van der Waals surface area (Å²) in [5.41, 5.74) is 2.07. The first-order valence-corrected chi connectivity index (χ1v) is 7.57. The van der Waals surface area contributed by atoms with Gasteiger partial charge in [-0.15, -0.1) is 0 Å². The Hall–Kier alpha value is -0.880. The van der Waals surface area contributed by atoms with Crippen LogP contribution in [0.1, 0.15) is 38.1 Å². The van der Waals surface area contributed by atoms with Crippen molar-refractivity contribution < 1.29 is 4.79 Å². The Kier molecular flexibility index (Phi) is 4.62. The molecule has 1 heterocycles. The minimum atomic E-state index is -0.187. The van der Waals surface area contributed by atoms with Crippen LogP contribution in [0.25, 0.3) is 0 Å². The van der Waals surface area contributed by atoms with E-state index in [1.807, 2.05) is 18.5 Å². The van der Waals surface area contributed by atoms with Crippen molar-refractivity contribution in [2.24, 2.45) is 0 Å². The summed E-state index contributed by atoms with van der Waals surface area (Å²) < 4.78 is 2.98. The molecule has 0 saturated heterocycles. The molecule has 1 saturated carbocycles. The molecule has 19 heavy (non-hydrogen) atoms. The highest BCUT2D eigenvalue weighted by Gasteiger charge is 2.25. The third-order valence-corrected chi connectivity index (χ3v) is 4.38. The molecule has 0 spiro atoms. The zero-order chi connectivity index (χ0) is 14.0. The lowest BCUT2D eigenvalue weighted by Crippen LogP contribution is -2.42. The Morgan fingerprint density at radius 1 is 1.58 bits per heavy atom. The van der Waals surface area contributed by atoms with Gasteiger partial charge in [0.05, 0.1) is 21.9 Å². The summed E-state index contributed by atoms with van der Waals surface area (Å²) in [5, 5.41) is 10.7. The molecular formula is C13H21BrN4O. The minimum Gasteiger partial charge on any atom is -0.352 e. The van der Waals surface area contributed by atoms with Crippen LogP contribution in [0.4, 0.5) is 0 Å². The zero-order valence-electron chi connectivity index (χ0n) is 11.7. The van der Waals surface area contributed by atoms with Gasteiger partial charge in [0.1, 0.15) is 0 Å². The third kappa shape index (κ3) is 3.57. The maximum atomic E-state index is 11.9. The zero-order valence-corrected chi connectivity index (χ0v) is 13.2. The molecule has 1 aliphatic rings. The van der Waals surface area contributed by atoms with Gasteiger partial charge in [0.15, 0.2) is 0 Å². The Morgan fingerprint density at radius 2 is 2.26 bits per heavy atom. The number of nitrogens with one attached hydrogen (secondary N) is 2. The quantitative estimate of drug-likeness (QED) is 0.836. The molecule has 5 nitrogen and oxygen atoms in total. The molecule has 106 valence electrons. The third-order valence-electron chi connectivity index (χ3n) is 3.35. The molecule has 1 atom stereocenters. The highest BCUT2D eigenvalue weighted by Crippen LogP contribution is 2.21. The average Bonchev–Trinajstić information content (AvgIpc) is 3.15. The molecule has 0 aromatic carbocycles. The Bertz CT molecular complexity index is 467. The highest BCUT2D eigenvalue weighted by atomic mass is 79.9. The van der Waals surface area contributed by atoms with Crippen molar-refractivity contribution in [3.05, 3.63) is 15.9 Å². The fraction of sp³-hybridized carbons (Fsp3) is 0.692. The van der Waals surface area contributed by atoms with E-state index in [9.17, 15) is 4.79 Å². The molecule has 2 rings (SSSR count). The topological polar surface area (TPSA) is 59.0 Å². The van der Waals surface area contributed by atoms with E-state index >= 15 is 0 Å². The van der Waals surface area contributed by atoms with E-state index in [-0.39, 0.29) is 11.9 Å². The first-order chi connectivity index (χ1) is 9.02. The molecule has 0 radical (unpaired) electrons. The van der Waals surface area contributed by atoms with Crippen LogP contribution in [-0.4, -0.2) is 27.8 Å². The summed E-state index contributed by atoms with van der Waals surface area (Å²) in [4.78, 5) is 11.9. The number of aryl methyl sites for hydroxylation is 2. The van der Waals surface area contributed by atoms with Crippen LogP contribution in [0.3, 0.4) is 0 Å². The number of hydrogen-bond donors (Lipinski definition) is 2. The number of nitrogens with zero attached hydrogens (tertiary/aromatic N) is 2. The highest BCUT2D eigenvalue weighted by molar-refractivity contribution is 9.10. The molecule has 1 aromatic heterocycles. The van der Waals surface area contributed by atoms with E-state index in [2.05, 4.69) is 38.6 Å². The average molecular weight is 329 g/mol. The van der Waals surface area contributed by atoms with Crippen molar-refractivity contribution in [2.75, 3.05) is 0 Å². The maximum absolute atomic E-state index is 11.9. The van der Waals surface area contributed by atoms with Gasteiger partial charge in [-0.05, 0) is 49.5 Å². The number of carbonyl (C=O) groups is 1. The number of hydrogen-bond acceptors (Lipinski definition) is 3. The van der Waals surface area contributed by atoms with Crippen LogP contribution >= 0.6 is 15.9 Å². The standard InChI is InChI=1S/C13H21BrN4O/c1-4-18-11(12(14)8(2)17-18)7-15-9(3)13(19)16-10-5-6-10/h9-10,15H,4-7H2,1-3H3,(H,16,19). The smallest absolute Gasteiger partial charge is 0.237 e. The van der Waals surface area contributed by atoms with E-state index < -0.39 is 0 Å². The molecule has 0 bridgehead atoms. The summed E-state index contributed by atoms with van der Waals surface area (Å²) in [6.45, 7) is 7.39. The van der Waals surface area contributed by atoms with Crippen molar-refractivity contribution in [3.63, 3.8) is 0 Å². The van der Waals surface area contributed by atoms with E-state index in [0.717, 1.165) is 35.2 Å². The van der Waals surface area contributed by atoms with Crippen molar-refractivity contribution in [3.8, 4) is 0 Å². The molecule has 6 heteroatoms. The van der Waals surface area contributed by atoms with Crippen LogP contribution in [0, 0.1) is 6.92 Å². The lowest BCUT2D eigenvalue weighted by molar-refractivity contribution is -0.122. The molecule has 1 unspecified atom stereocenters. The number of rotatable bonds is 6.